The summed E-state index contributed by atoms with van der Waals surface area (Å²) in [5.41, 5.74) is 3.26. The highest BCUT2D eigenvalue weighted by atomic mass is 16.3. The second-order valence-corrected chi connectivity index (χ2v) is 5.73. The van der Waals surface area contributed by atoms with E-state index in [1.54, 1.807) is 12.1 Å². The van der Waals surface area contributed by atoms with Crippen LogP contribution in [0.25, 0.3) is 0 Å². The Morgan fingerprint density at radius 2 is 1.39 bits per heavy atom. The molecule has 1 unspecified atom stereocenters. The largest absolute Gasteiger partial charge is 0.508 e. The van der Waals surface area contributed by atoms with Crippen LogP contribution in [-0.4, -0.2) is 10.2 Å². The number of phenols is 2. The standard InChI is InChI=1S/C21H20O2/c22-19-11-6-10-18(15-19)20(16-7-2-1-3-8-16)14-13-17-9-4-5-12-21(17)23/h1-12,15,20,22-23H,13-14H2. The summed E-state index contributed by atoms with van der Waals surface area (Å²) < 4.78 is 0. The number of aromatic hydroxyl groups is 2. The lowest BCUT2D eigenvalue weighted by Crippen LogP contribution is -2.03. The first-order chi connectivity index (χ1) is 11.2. The Balaban J connectivity index is 1.88. The Hall–Kier alpha value is -2.74. The molecule has 3 aromatic rings. The molecule has 2 N–H and O–H groups in total. The third-order valence-electron chi connectivity index (χ3n) is 4.17. The minimum absolute atomic E-state index is 0.183. The van der Waals surface area contributed by atoms with Crippen LogP contribution in [0.3, 0.4) is 0 Å². The van der Waals surface area contributed by atoms with Crippen LogP contribution >= 0.6 is 0 Å². The smallest absolute Gasteiger partial charge is 0.118 e. The minimum atomic E-state index is 0.183. The molecular formula is C21H20O2. The Morgan fingerprint density at radius 3 is 2.13 bits per heavy atom. The van der Waals surface area contributed by atoms with E-state index >= 15 is 0 Å². The summed E-state index contributed by atoms with van der Waals surface area (Å²) in [4.78, 5) is 0. The van der Waals surface area contributed by atoms with Gasteiger partial charge in [0, 0.05) is 5.92 Å². The van der Waals surface area contributed by atoms with Gasteiger partial charge in [0.05, 0.1) is 0 Å². The number of para-hydroxylation sites is 1. The van der Waals surface area contributed by atoms with E-state index in [0.29, 0.717) is 5.75 Å². The van der Waals surface area contributed by atoms with Crippen molar-refractivity contribution < 1.29 is 10.2 Å². The molecule has 23 heavy (non-hydrogen) atoms. The normalized spacial score (nSPS) is 12.0. The van der Waals surface area contributed by atoms with Gasteiger partial charge >= 0.3 is 0 Å². The summed E-state index contributed by atoms with van der Waals surface area (Å²) in [5.74, 6) is 0.809. The van der Waals surface area contributed by atoms with E-state index in [1.165, 1.54) is 5.56 Å². The molecule has 116 valence electrons. The van der Waals surface area contributed by atoms with E-state index in [2.05, 4.69) is 12.1 Å². The lowest BCUT2D eigenvalue weighted by Gasteiger charge is -2.18. The molecule has 0 saturated heterocycles. The molecule has 0 fully saturated rings. The van der Waals surface area contributed by atoms with Crippen LogP contribution in [0, 0.1) is 0 Å². The van der Waals surface area contributed by atoms with Crippen LogP contribution in [0.1, 0.15) is 29.0 Å². The van der Waals surface area contributed by atoms with Crippen molar-refractivity contribution in [3.05, 3.63) is 95.6 Å². The summed E-state index contributed by atoms with van der Waals surface area (Å²) >= 11 is 0. The van der Waals surface area contributed by atoms with Gasteiger partial charge in [0.15, 0.2) is 0 Å². The number of aryl methyl sites for hydroxylation is 1. The van der Waals surface area contributed by atoms with Gasteiger partial charge in [-0.2, -0.15) is 0 Å². The predicted octanol–water partition coefficient (Wildman–Crippen LogP) is 4.86. The summed E-state index contributed by atoms with van der Waals surface area (Å²) in [6, 6.07) is 25.2. The zero-order valence-corrected chi connectivity index (χ0v) is 12.9. The predicted molar refractivity (Wildman–Crippen MR) is 92.8 cm³/mol. The quantitative estimate of drug-likeness (QED) is 0.706. The van der Waals surface area contributed by atoms with E-state index in [9.17, 15) is 10.2 Å². The van der Waals surface area contributed by atoms with Crippen molar-refractivity contribution in [2.24, 2.45) is 0 Å². The van der Waals surface area contributed by atoms with Crippen LogP contribution in [0.5, 0.6) is 11.5 Å². The molecule has 0 aliphatic heterocycles. The van der Waals surface area contributed by atoms with Crippen molar-refractivity contribution >= 4 is 0 Å². The lowest BCUT2D eigenvalue weighted by molar-refractivity contribution is 0.465. The Bertz CT molecular complexity index is 766. The number of phenolic OH excluding ortho intramolecular Hbond substituents is 2. The van der Waals surface area contributed by atoms with E-state index in [1.807, 2.05) is 54.6 Å². The first-order valence-electron chi connectivity index (χ1n) is 7.85. The van der Waals surface area contributed by atoms with Crippen molar-refractivity contribution in [2.75, 3.05) is 0 Å². The fourth-order valence-corrected chi connectivity index (χ4v) is 2.97. The van der Waals surface area contributed by atoms with Gasteiger partial charge in [0.25, 0.3) is 0 Å². The van der Waals surface area contributed by atoms with Crippen LogP contribution in [-0.2, 0) is 6.42 Å². The second-order valence-electron chi connectivity index (χ2n) is 5.73. The van der Waals surface area contributed by atoms with E-state index in [0.717, 1.165) is 24.0 Å². The van der Waals surface area contributed by atoms with Crippen LogP contribution in [0.15, 0.2) is 78.9 Å². The number of hydrogen-bond acceptors (Lipinski definition) is 2. The minimum Gasteiger partial charge on any atom is -0.508 e. The van der Waals surface area contributed by atoms with E-state index in [4.69, 9.17) is 0 Å². The molecule has 0 aliphatic carbocycles. The van der Waals surface area contributed by atoms with Crippen molar-refractivity contribution in [1.82, 2.24) is 0 Å². The van der Waals surface area contributed by atoms with Crippen molar-refractivity contribution in [2.45, 2.75) is 18.8 Å². The zero-order valence-electron chi connectivity index (χ0n) is 12.9. The summed E-state index contributed by atoms with van der Waals surface area (Å²) in [6.45, 7) is 0. The highest BCUT2D eigenvalue weighted by Gasteiger charge is 2.15. The second kappa shape index (κ2) is 7.01. The van der Waals surface area contributed by atoms with Crippen molar-refractivity contribution in [3.63, 3.8) is 0 Å². The maximum atomic E-state index is 9.97. The average molecular weight is 304 g/mol. The molecule has 0 saturated carbocycles. The summed E-state index contributed by atoms with van der Waals surface area (Å²) in [7, 11) is 0. The van der Waals surface area contributed by atoms with Crippen LogP contribution < -0.4 is 0 Å². The molecule has 0 amide bonds. The third-order valence-corrected chi connectivity index (χ3v) is 4.17. The summed E-state index contributed by atoms with van der Waals surface area (Å²) in [5, 5.41) is 19.8. The SMILES string of the molecule is Oc1cccc(C(CCc2ccccc2O)c2ccccc2)c1. The molecule has 0 heterocycles. The van der Waals surface area contributed by atoms with Gasteiger partial charge in [-0.25, -0.2) is 0 Å². The Kier molecular flexibility index (Phi) is 4.62. The van der Waals surface area contributed by atoms with Gasteiger partial charge in [-0.15, -0.1) is 0 Å². The highest BCUT2D eigenvalue weighted by molar-refractivity contribution is 5.38. The number of hydrogen-bond donors (Lipinski definition) is 2. The molecule has 3 rings (SSSR count). The summed E-state index contributed by atoms with van der Waals surface area (Å²) in [6.07, 6.45) is 1.65. The molecule has 1 atom stereocenters. The van der Waals surface area contributed by atoms with Gasteiger partial charge in [0.1, 0.15) is 11.5 Å². The first kappa shape index (κ1) is 15.2. The zero-order chi connectivity index (χ0) is 16.1. The third kappa shape index (κ3) is 3.72. The molecule has 0 spiro atoms. The van der Waals surface area contributed by atoms with Crippen LogP contribution in [0.2, 0.25) is 0 Å². The molecule has 2 nitrogen and oxygen atoms in total. The fraction of sp³-hybridized carbons (Fsp3) is 0.143. The average Bonchev–Trinajstić information content (AvgIpc) is 2.58. The molecule has 0 aromatic heterocycles. The molecule has 0 aliphatic rings. The maximum absolute atomic E-state index is 9.97. The van der Waals surface area contributed by atoms with Gasteiger partial charge in [-0.1, -0.05) is 60.7 Å². The lowest BCUT2D eigenvalue weighted by atomic mass is 9.86. The topological polar surface area (TPSA) is 40.5 Å². The Morgan fingerprint density at radius 1 is 0.696 bits per heavy atom. The van der Waals surface area contributed by atoms with Gasteiger partial charge in [-0.05, 0) is 47.7 Å². The molecule has 0 bridgehead atoms. The van der Waals surface area contributed by atoms with Gasteiger partial charge < -0.3 is 10.2 Å². The van der Waals surface area contributed by atoms with Crippen LogP contribution in [0.4, 0.5) is 0 Å². The maximum Gasteiger partial charge on any atom is 0.118 e. The molecule has 3 aromatic carbocycles. The van der Waals surface area contributed by atoms with Crippen molar-refractivity contribution in [1.29, 1.82) is 0 Å². The first-order valence-corrected chi connectivity index (χ1v) is 7.85. The number of benzene rings is 3. The monoisotopic (exact) mass is 304 g/mol. The molecular weight excluding hydrogens is 284 g/mol. The molecule has 0 radical (unpaired) electrons. The van der Waals surface area contributed by atoms with Crippen molar-refractivity contribution in [3.8, 4) is 11.5 Å². The number of rotatable bonds is 5. The van der Waals surface area contributed by atoms with E-state index < -0.39 is 0 Å². The van der Waals surface area contributed by atoms with Gasteiger partial charge in [0.2, 0.25) is 0 Å². The fourth-order valence-electron chi connectivity index (χ4n) is 2.97. The van der Waals surface area contributed by atoms with E-state index in [-0.39, 0.29) is 11.7 Å². The molecule has 2 heteroatoms. The Labute approximate surface area is 136 Å². The highest BCUT2D eigenvalue weighted by Crippen LogP contribution is 2.32. The van der Waals surface area contributed by atoms with Gasteiger partial charge in [-0.3, -0.25) is 0 Å².